The highest BCUT2D eigenvalue weighted by molar-refractivity contribution is 6.00. The summed E-state index contributed by atoms with van der Waals surface area (Å²) in [4.78, 5) is 11.2. The number of aliphatic hydroxyl groups is 1. The van der Waals surface area contributed by atoms with Crippen LogP contribution in [0.25, 0.3) is 0 Å². The maximum atomic E-state index is 13.3. The molecule has 0 aliphatic carbocycles. The van der Waals surface area contributed by atoms with Crippen LogP contribution in [0, 0.1) is 5.82 Å². The lowest BCUT2D eigenvalue weighted by Gasteiger charge is -2.12. The lowest BCUT2D eigenvalue weighted by molar-refractivity contribution is 0.0698. The summed E-state index contributed by atoms with van der Waals surface area (Å²) < 4.78 is 13.3. The number of anilines is 2. The molecule has 0 radical (unpaired) electrons. The zero-order valence-electron chi connectivity index (χ0n) is 11.1. The van der Waals surface area contributed by atoms with Crippen LogP contribution in [0.1, 0.15) is 21.5 Å². The second-order valence-electron chi connectivity index (χ2n) is 4.52. The molecule has 0 saturated heterocycles. The van der Waals surface area contributed by atoms with Crippen LogP contribution in [0.4, 0.5) is 15.8 Å². The largest absolute Gasteiger partial charge is 0.478 e. The van der Waals surface area contributed by atoms with Gasteiger partial charge in [-0.3, -0.25) is 0 Å². The van der Waals surface area contributed by atoms with Crippen molar-refractivity contribution in [2.45, 2.75) is 13.2 Å². The minimum absolute atomic E-state index is 0.0717. The Morgan fingerprint density at radius 1 is 1.24 bits per heavy atom. The van der Waals surface area contributed by atoms with Crippen molar-refractivity contribution in [3.8, 4) is 0 Å². The fraction of sp³-hybridized carbons (Fsp3) is 0.133. The van der Waals surface area contributed by atoms with Crippen molar-refractivity contribution in [2.24, 2.45) is 0 Å². The third-order valence-electron chi connectivity index (χ3n) is 3.06. The number of benzene rings is 2. The number of aromatic carboxylic acids is 1. The molecule has 0 atom stereocenters. The van der Waals surface area contributed by atoms with Crippen LogP contribution < -0.4 is 11.1 Å². The molecular formula is C15H15FN2O3. The summed E-state index contributed by atoms with van der Waals surface area (Å²) in [5, 5.41) is 21.1. The smallest absolute Gasteiger partial charge is 0.340 e. The van der Waals surface area contributed by atoms with E-state index in [9.17, 15) is 9.18 Å². The van der Waals surface area contributed by atoms with Gasteiger partial charge in [0.2, 0.25) is 0 Å². The minimum Gasteiger partial charge on any atom is -0.478 e. The molecule has 5 N–H and O–H groups in total. The lowest BCUT2D eigenvalue weighted by Crippen LogP contribution is -2.10. The molecule has 110 valence electrons. The number of nitrogens with one attached hydrogen (secondary N) is 1. The molecule has 6 heteroatoms. The summed E-state index contributed by atoms with van der Waals surface area (Å²) in [5.74, 6) is -2.06. The van der Waals surface area contributed by atoms with Crippen LogP contribution in [-0.4, -0.2) is 16.2 Å². The van der Waals surface area contributed by atoms with Gasteiger partial charge in [-0.1, -0.05) is 24.3 Å². The van der Waals surface area contributed by atoms with Gasteiger partial charge in [-0.15, -0.1) is 0 Å². The molecule has 0 saturated carbocycles. The molecule has 0 aliphatic rings. The van der Waals surface area contributed by atoms with E-state index in [1.54, 1.807) is 18.2 Å². The third-order valence-corrected chi connectivity index (χ3v) is 3.06. The first-order valence-electron chi connectivity index (χ1n) is 6.26. The number of carbonyl (C=O) groups is 1. The Balaban J connectivity index is 2.24. The standard InChI is InChI=1S/C15H15FN2O3/c16-11-4-5-12(13(14(11)17)15(20)21)18-7-9-2-1-3-10(6-9)8-19/h1-6,18-19H,7-8,17H2,(H,20,21). The zero-order valence-corrected chi connectivity index (χ0v) is 11.1. The maximum Gasteiger partial charge on any atom is 0.340 e. The summed E-state index contributed by atoms with van der Waals surface area (Å²) in [7, 11) is 0. The molecule has 0 fully saturated rings. The zero-order chi connectivity index (χ0) is 15.4. The average molecular weight is 290 g/mol. The molecular weight excluding hydrogens is 275 g/mol. The lowest BCUT2D eigenvalue weighted by atomic mass is 10.1. The predicted octanol–water partition coefficient (Wildman–Crippen LogP) is 2.21. The van der Waals surface area contributed by atoms with Gasteiger partial charge < -0.3 is 21.3 Å². The minimum atomic E-state index is -1.29. The van der Waals surface area contributed by atoms with E-state index in [0.29, 0.717) is 6.54 Å². The van der Waals surface area contributed by atoms with Crippen molar-refractivity contribution in [3.63, 3.8) is 0 Å². The van der Waals surface area contributed by atoms with Crippen molar-refractivity contribution in [1.82, 2.24) is 0 Å². The summed E-state index contributed by atoms with van der Waals surface area (Å²) >= 11 is 0. The summed E-state index contributed by atoms with van der Waals surface area (Å²) in [5.41, 5.74) is 6.66. The van der Waals surface area contributed by atoms with E-state index >= 15 is 0 Å². The molecule has 0 spiro atoms. The Kier molecular flexibility index (Phi) is 4.39. The molecule has 0 aliphatic heterocycles. The average Bonchev–Trinajstić information content (AvgIpc) is 2.48. The fourth-order valence-corrected chi connectivity index (χ4v) is 2.01. The fourth-order valence-electron chi connectivity index (χ4n) is 2.01. The first-order valence-corrected chi connectivity index (χ1v) is 6.26. The number of hydrogen-bond acceptors (Lipinski definition) is 4. The summed E-state index contributed by atoms with van der Waals surface area (Å²) in [6.45, 7) is 0.261. The van der Waals surface area contributed by atoms with Crippen LogP contribution in [0.3, 0.4) is 0 Å². The molecule has 0 bridgehead atoms. The van der Waals surface area contributed by atoms with Gasteiger partial charge >= 0.3 is 5.97 Å². The van der Waals surface area contributed by atoms with Crippen LogP contribution in [0.15, 0.2) is 36.4 Å². The summed E-state index contributed by atoms with van der Waals surface area (Å²) in [6.07, 6.45) is 0. The van der Waals surface area contributed by atoms with Crippen molar-refractivity contribution in [3.05, 3.63) is 58.9 Å². The number of carboxylic acid groups (broad SMARTS) is 1. The monoisotopic (exact) mass is 290 g/mol. The summed E-state index contributed by atoms with van der Waals surface area (Å²) in [6, 6.07) is 9.65. The Labute approximate surface area is 120 Å². The van der Waals surface area contributed by atoms with Gasteiger partial charge in [0.05, 0.1) is 18.0 Å². The molecule has 0 amide bonds. The van der Waals surface area contributed by atoms with Gasteiger partial charge in [0, 0.05) is 6.54 Å². The highest BCUT2D eigenvalue weighted by Crippen LogP contribution is 2.25. The van der Waals surface area contributed by atoms with Crippen molar-refractivity contribution in [2.75, 3.05) is 11.1 Å². The molecule has 2 aromatic rings. The van der Waals surface area contributed by atoms with E-state index in [0.717, 1.165) is 17.2 Å². The van der Waals surface area contributed by atoms with Crippen molar-refractivity contribution in [1.29, 1.82) is 0 Å². The number of nitrogens with two attached hydrogens (primary N) is 1. The van der Waals surface area contributed by atoms with E-state index in [1.165, 1.54) is 6.07 Å². The van der Waals surface area contributed by atoms with Gasteiger partial charge in [-0.05, 0) is 23.3 Å². The SMILES string of the molecule is Nc1c(F)ccc(NCc2cccc(CO)c2)c1C(=O)O. The van der Waals surface area contributed by atoms with Crippen molar-refractivity contribution >= 4 is 17.3 Å². The Morgan fingerprint density at radius 2 is 1.95 bits per heavy atom. The van der Waals surface area contributed by atoms with E-state index in [1.807, 2.05) is 6.07 Å². The molecule has 5 nitrogen and oxygen atoms in total. The number of halogens is 1. The number of aliphatic hydroxyl groups excluding tert-OH is 1. The normalized spacial score (nSPS) is 10.4. The number of nitrogen functional groups attached to an aromatic ring is 1. The Bertz CT molecular complexity index is 674. The molecule has 0 heterocycles. The highest BCUT2D eigenvalue weighted by atomic mass is 19.1. The Hall–Kier alpha value is -2.60. The maximum absolute atomic E-state index is 13.3. The topological polar surface area (TPSA) is 95.6 Å². The first kappa shape index (κ1) is 14.8. The molecule has 0 aromatic heterocycles. The molecule has 2 rings (SSSR count). The van der Waals surface area contributed by atoms with E-state index in [2.05, 4.69) is 5.32 Å². The quantitative estimate of drug-likeness (QED) is 0.633. The van der Waals surface area contributed by atoms with Gasteiger partial charge in [0.1, 0.15) is 11.4 Å². The van der Waals surface area contributed by atoms with E-state index < -0.39 is 17.5 Å². The van der Waals surface area contributed by atoms with E-state index in [4.69, 9.17) is 15.9 Å². The number of carboxylic acids is 1. The molecule has 21 heavy (non-hydrogen) atoms. The van der Waals surface area contributed by atoms with Crippen LogP contribution in [-0.2, 0) is 13.2 Å². The van der Waals surface area contributed by atoms with Crippen LogP contribution >= 0.6 is 0 Å². The van der Waals surface area contributed by atoms with Gasteiger partial charge in [0.25, 0.3) is 0 Å². The van der Waals surface area contributed by atoms with Crippen LogP contribution in [0.5, 0.6) is 0 Å². The van der Waals surface area contributed by atoms with Crippen molar-refractivity contribution < 1.29 is 19.4 Å². The first-order chi connectivity index (χ1) is 10.0. The van der Waals surface area contributed by atoms with E-state index in [-0.39, 0.29) is 17.9 Å². The molecule has 2 aromatic carbocycles. The number of rotatable bonds is 5. The predicted molar refractivity (Wildman–Crippen MR) is 77.5 cm³/mol. The van der Waals surface area contributed by atoms with Gasteiger partial charge in [0.15, 0.2) is 0 Å². The number of hydrogen-bond donors (Lipinski definition) is 4. The second-order valence-corrected chi connectivity index (χ2v) is 4.52. The molecule has 0 unspecified atom stereocenters. The van der Waals surface area contributed by atoms with Gasteiger partial charge in [-0.2, -0.15) is 0 Å². The highest BCUT2D eigenvalue weighted by Gasteiger charge is 2.17. The van der Waals surface area contributed by atoms with Gasteiger partial charge in [-0.25, -0.2) is 9.18 Å². The van der Waals surface area contributed by atoms with Crippen LogP contribution in [0.2, 0.25) is 0 Å². The Morgan fingerprint density at radius 3 is 2.62 bits per heavy atom. The third kappa shape index (κ3) is 3.29. The second kappa shape index (κ2) is 6.23.